The number of pyridine rings is 1. The van der Waals surface area contributed by atoms with Crippen molar-refractivity contribution in [3.05, 3.63) is 89.4 Å². The lowest BCUT2D eigenvalue weighted by Gasteiger charge is -2.27. The summed E-state index contributed by atoms with van der Waals surface area (Å²) < 4.78 is 16.3. The molecule has 1 aliphatic rings. The van der Waals surface area contributed by atoms with E-state index in [9.17, 15) is 4.79 Å². The highest BCUT2D eigenvalue weighted by atomic mass is 16.5. The van der Waals surface area contributed by atoms with Crippen LogP contribution in [0.15, 0.2) is 67.0 Å². The molecule has 0 spiro atoms. The average Bonchev–Trinajstić information content (AvgIpc) is 3.43. The molecule has 1 N–H and O–H groups in total. The summed E-state index contributed by atoms with van der Waals surface area (Å²) in [6.45, 7) is 0.422. The second-order valence-corrected chi connectivity index (χ2v) is 7.89. The summed E-state index contributed by atoms with van der Waals surface area (Å²) in [5, 5.41) is 7.52. The number of aromatic amines is 1. The summed E-state index contributed by atoms with van der Waals surface area (Å²) in [5.74, 6) is 1.86. The summed E-state index contributed by atoms with van der Waals surface area (Å²) in [6, 6.07) is 16.8. The lowest BCUT2D eigenvalue weighted by Crippen LogP contribution is -2.29. The van der Waals surface area contributed by atoms with Gasteiger partial charge in [-0.3, -0.25) is 14.9 Å². The van der Waals surface area contributed by atoms with Crippen molar-refractivity contribution in [2.75, 3.05) is 21.3 Å². The molecule has 1 atom stereocenters. The maximum Gasteiger partial charge on any atom is 0.273 e. The number of nitrogens with zero attached hydrogens (tertiary/aromatic N) is 3. The number of H-pyrrole nitrogens is 1. The quantitative estimate of drug-likeness (QED) is 0.447. The van der Waals surface area contributed by atoms with Gasteiger partial charge in [0.2, 0.25) is 0 Å². The molecule has 2 aromatic heterocycles. The van der Waals surface area contributed by atoms with Crippen LogP contribution in [-0.4, -0.2) is 47.3 Å². The number of carbonyl (C=O) groups is 1. The molecule has 1 aliphatic heterocycles. The smallest absolute Gasteiger partial charge is 0.273 e. The van der Waals surface area contributed by atoms with Crippen LogP contribution in [0.4, 0.5) is 0 Å². The Hall–Kier alpha value is -4.33. The molecule has 0 aliphatic carbocycles. The number of hydrogen-bond donors (Lipinski definition) is 1. The van der Waals surface area contributed by atoms with Gasteiger partial charge in [0.1, 0.15) is 11.4 Å². The summed E-state index contributed by atoms with van der Waals surface area (Å²) in [5.41, 5.74) is 4.81. The second kappa shape index (κ2) is 8.90. The number of nitrogens with one attached hydrogen (secondary N) is 1. The molecule has 0 fully saturated rings. The summed E-state index contributed by atoms with van der Waals surface area (Å²) >= 11 is 0. The van der Waals surface area contributed by atoms with Crippen LogP contribution in [0.1, 0.15) is 33.2 Å². The number of aromatic nitrogens is 3. The Labute approximate surface area is 197 Å². The fourth-order valence-electron chi connectivity index (χ4n) is 4.38. The third-order valence-electron chi connectivity index (χ3n) is 6.05. The van der Waals surface area contributed by atoms with Crippen molar-refractivity contribution in [3.8, 4) is 28.5 Å². The third kappa shape index (κ3) is 3.63. The predicted molar refractivity (Wildman–Crippen MR) is 126 cm³/mol. The van der Waals surface area contributed by atoms with Gasteiger partial charge in [0.25, 0.3) is 5.91 Å². The van der Waals surface area contributed by atoms with Gasteiger partial charge >= 0.3 is 0 Å². The van der Waals surface area contributed by atoms with Crippen molar-refractivity contribution < 1.29 is 19.0 Å². The lowest BCUT2D eigenvalue weighted by molar-refractivity contribution is 0.0730. The SMILES string of the molecule is COc1ccc(-c2n[nH]c3c2C(c2ccc(OC)c(OC)c2)N(Cc2ccncc2)C3=O)cc1. The van der Waals surface area contributed by atoms with Gasteiger partial charge in [-0.2, -0.15) is 5.10 Å². The first-order valence-corrected chi connectivity index (χ1v) is 10.8. The fourth-order valence-corrected chi connectivity index (χ4v) is 4.38. The van der Waals surface area contributed by atoms with Crippen LogP contribution in [0.5, 0.6) is 17.2 Å². The minimum absolute atomic E-state index is 0.112. The Kier molecular flexibility index (Phi) is 5.63. The Morgan fingerprint density at radius 3 is 2.32 bits per heavy atom. The van der Waals surface area contributed by atoms with Crippen LogP contribution in [0, 0.1) is 0 Å². The molecule has 0 saturated heterocycles. The molecule has 172 valence electrons. The van der Waals surface area contributed by atoms with E-state index < -0.39 is 0 Å². The number of ether oxygens (including phenoxy) is 3. The number of amides is 1. The minimum atomic E-state index is -0.369. The van der Waals surface area contributed by atoms with E-state index in [0.29, 0.717) is 23.7 Å². The minimum Gasteiger partial charge on any atom is -0.497 e. The lowest BCUT2D eigenvalue weighted by atomic mass is 9.95. The van der Waals surface area contributed by atoms with Crippen LogP contribution >= 0.6 is 0 Å². The van der Waals surface area contributed by atoms with Crippen LogP contribution in [0.2, 0.25) is 0 Å². The van der Waals surface area contributed by atoms with E-state index in [1.165, 1.54) is 0 Å². The van der Waals surface area contributed by atoms with Crippen LogP contribution in [0.3, 0.4) is 0 Å². The first-order valence-electron chi connectivity index (χ1n) is 10.8. The predicted octanol–water partition coefficient (Wildman–Crippen LogP) is 4.24. The van der Waals surface area contributed by atoms with E-state index >= 15 is 0 Å². The van der Waals surface area contributed by atoms with E-state index in [2.05, 4.69) is 15.2 Å². The van der Waals surface area contributed by atoms with Gasteiger partial charge in [-0.25, -0.2) is 0 Å². The zero-order chi connectivity index (χ0) is 23.7. The molecule has 0 radical (unpaired) electrons. The Bertz CT molecular complexity index is 1320. The second-order valence-electron chi connectivity index (χ2n) is 7.89. The van der Waals surface area contributed by atoms with E-state index in [-0.39, 0.29) is 11.9 Å². The molecular formula is C26H24N4O4. The monoisotopic (exact) mass is 456 g/mol. The molecule has 5 rings (SSSR count). The highest BCUT2D eigenvalue weighted by Crippen LogP contribution is 2.45. The van der Waals surface area contributed by atoms with E-state index in [0.717, 1.165) is 33.7 Å². The number of carbonyl (C=O) groups excluding carboxylic acids is 1. The van der Waals surface area contributed by atoms with Gasteiger partial charge < -0.3 is 19.1 Å². The van der Waals surface area contributed by atoms with Gasteiger partial charge in [-0.1, -0.05) is 6.07 Å². The number of methoxy groups -OCH3 is 3. The van der Waals surface area contributed by atoms with E-state index in [4.69, 9.17) is 14.2 Å². The van der Waals surface area contributed by atoms with Gasteiger partial charge in [0.15, 0.2) is 11.5 Å². The first-order chi connectivity index (χ1) is 16.6. The van der Waals surface area contributed by atoms with Gasteiger partial charge in [0, 0.05) is 30.1 Å². The Morgan fingerprint density at radius 1 is 0.912 bits per heavy atom. The van der Waals surface area contributed by atoms with Crippen molar-refractivity contribution in [3.63, 3.8) is 0 Å². The van der Waals surface area contributed by atoms with Crippen molar-refractivity contribution in [1.82, 2.24) is 20.1 Å². The highest BCUT2D eigenvalue weighted by Gasteiger charge is 2.42. The van der Waals surface area contributed by atoms with Crippen molar-refractivity contribution >= 4 is 5.91 Å². The molecule has 1 unspecified atom stereocenters. The number of fused-ring (bicyclic) bond motifs is 1. The van der Waals surface area contributed by atoms with Crippen molar-refractivity contribution in [2.45, 2.75) is 12.6 Å². The first kappa shape index (κ1) is 21.5. The topological polar surface area (TPSA) is 89.6 Å². The summed E-state index contributed by atoms with van der Waals surface area (Å²) in [4.78, 5) is 19.5. The molecule has 8 nitrogen and oxygen atoms in total. The van der Waals surface area contributed by atoms with E-state index in [1.54, 1.807) is 33.7 Å². The van der Waals surface area contributed by atoms with Gasteiger partial charge in [-0.05, 0) is 59.7 Å². The summed E-state index contributed by atoms with van der Waals surface area (Å²) in [6.07, 6.45) is 3.45. The molecule has 3 heterocycles. The third-order valence-corrected chi connectivity index (χ3v) is 6.05. The van der Waals surface area contributed by atoms with Crippen molar-refractivity contribution in [2.24, 2.45) is 0 Å². The van der Waals surface area contributed by atoms with Crippen molar-refractivity contribution in [1.29, 1.82) is 0 Å². The molecule has 4 aromatic rings. The molecule has 34 heavy (non-hydrogen) atoms. The molecule has 0 saturated carbocycles. The fraction of sp³-hybridized carbons (Fsp3) is 0.192. The number of hydrogen-bond acceptors (Lipinski definition) is 6. The molecule has 8 heteroatoms. The highest BCUT2D eigenvalue weighted by molar-refractivity contribution is 6.00. The van der Waals surface area contributed by atoms with Crippen LogP contribution < -0.4 is 14.2 Å². The van der Waals surface area contributed by atoms with Gasteiger partial charge in [0.05, 0.1) is 33.1 Å². The Morgan fingerprint density at radius 2 is 1.65 bits per heavy atom. The molecule has 2 aromatic carbocycles. The van der Waals surface area contributed by atoms with Crippen LogP contribution in [-0.2, 0) is 6.54 Å². The summed E-state index contributed by atoms with van der Waals surface area (Å²) in [7, 11) is 4.83. The number of rotatable bonds is 7. The zero-order valence-corrected chi connectivity index (χ0v) is 19.1. The standard InChI is InChI=1S/C26H24N4O4/c1-32-19-7-4-17(5-8-19)23-22-24(29-28-23)26(31)30(15-16-10-12-27-13-11-16)25(22)18-6-9-20(33-2)21(14-18)34-3/h4-14,25H,15H2,1-3H3,(H,28,29). The van der Waals surface area contributed by atoms with Gasteiger partial charge in [-0.15, -0.1) is 0 Å². The maximum absolute atomic E-state index is 13.6. The zero-order valence-electron chi connectivity index (χ0n) is 19.1. The van der Waals surface area contributed by atoms with Crippen LogP contribution in [0.25, 0.3) is 11.3 Å². The molecular weight excluding hydrogens is 432 g/mol. The Balaban J connectivity index is 1.65. The van der Waals surface area contributed by atoms with E-state index in [1.807, 2.05) is 59.5 Å². The maximum atomic E-state index is 13.6. The molecule has 1 amide bonds. The number of benzene rings is 2. The normalized spacial score (nSPS) is 14.7. The largest absolute Gasteiger partial charge is 0.497 e. The molecule has 0 bridgehead atoms. The average molecular weight is 457 g/mol.